The molecule has 6 nitrogen and oxygen atoms in total. The number of nitrogens with two attached hydrogens (primary N) is 1. The molecule has 0 unspecified atom stereocenters. The molecule has 72 valence electrons. The Balaban J connectivity index is 2.68. The van der Waals surface area contributed by atoms with Gasteiger partial charge in [0.15, 0.2) is 5.52 Å². The fourth-order valence-corrected chi connectivity index (χ4v) is 1.09. The predicted octanol–water partition coefficient (Wildman–Crippen LogP) is 0.592. The zero-order valence-electron chi connectivity index (χ0n) is 7.35. The fraction of sp³-hybridized carbons (Fsp3) is 0.125. The van der Waals surface area contributed by atoms with Crippen molar-refractivity contribution in [1.29, 1.82) is 0 Å². The maximum absolute atomic E-state index is 11.2. The Labute approximate surface area is 78.7 Å². The van der Waals surface area contributed by atoms with Crippen molar-refractivity contribution in [2.45, 2.75) is 0 Å². The van der Waals surface area contributed by atoms with Crippen LogP contribution >= 0.6 is 0 Å². The van der Waals surface area contributed by atoms with Gasteiger partial charge in [-0.3, -0.25) is 0 Å². The highest BCUT2D eigenvalue weighted by Gasteiger charge is 2.20. The SMILES string of the molecule is COC(=O)c1oc2nccnc2c1N. The van der Waals surface area contributed by atoms with Crippen LogP contribution in [0.15, 0.2) is 16.8 Å². The average Bonchev–Trinajstić information content (AvgIpc) is 2.56. The molecule has 0 spiro atoms. The number of hydrogen-bond donors (Lipinski definition) is 1. The molecular formula is C8H7N3O3. The molecular weight excluding hydrogens is 186 g/mol. The van der Waals surface area contributed by atoms with Crippen LogP contribution in [0.1, 0.15) is 10.6 Å². The van der Waals surface area contributed by atoms with Gasteiger partial charge in [0.1, 0.15) is 5.69 Å². The summed E-state index contributed by atoms with van der Waals surface area (Å²) in [6.07, 6.45) is 2.92. The van der Waals surface area contributed by atoms with Crippen LogP contribution in [-0.4, -0.2) is 23.0 Å². The maximum Gasteiger partial charge on any atom is 0.376 e. The Morgan fingerprint density at radius 2 is 2.21 bits per heavy atom. The molecule has 0 aliphatic rings. The highest BCUT2D eigenvalue weighted by atomic mass is 16.5. The standard InChI is InChI=1S/C8H7N3O3/c1-13-8(12)6-4(9)5-7(14-6)11-3-2-10-5/h2-3H,9H2,1H3. The van der Waals surface area contributed by atoms with E-state index >= 15 is 0 Å². The molecule has 0 aliphatic carbocycles. The highest BCUT2D eigenvalue weighted by molar-refractivity contribution is 6.00. The Hall–Kier alpha value is -2.11. The molecule has 0 fully saturated rings. The first-order valence-corrected chi connectivity index (χ1v) is 3.81. The summed E-state index contributed by atoms with van der Waals surface area (Å²) >= 11 is 0. The number of ether oxygens (including phenoxy) is 1. The number of fused-ring (bicyclic) bond motifs is 1. The second-order valence-corrected chi connectivity index (χ2v) is 2.55. The van der Waals surface area contributed by atoms with Gasteiger partial charge < -0.3 is 14.9 Å². The monoisotopic (exact) mass is 193 g/mol. The average molecular weight is 193 g/mol. The molecule has 2 aromatic rings. The minimum Gasteiger partial charge on any atom is -0.463 e. The number of carbonyl (C=O) groups excluding carboxylic acids is 1. The molecule has 2 heterocycles. The van der Waals surface area contributed by atoms with E-state index in [-0.39, 0.29) is 17.2 Å². The lowest BCUT2D eigenvalue weighted by Crippen LogP contribution is -2.02. The molecule has 0 amide bonds. The Kier molecular flexibility index (Phi) is 1.81. The van der Waals surface area contributed by atoms with Crippen LogP contribution in [0.25, 0.3) is 11.2 Å². The lowest BCUT2D eigenvalue weighted by molar-refractivity contribution is 0.0569. The minimum atomic E-state index is -0.637. The largest absolute Gasteiger partial charge is 0.463 e. The van der Waals surface area contributed by atoms with Crippen LogP contribution in [0, 0.1) is 0 Å². The van der Waals surface area contributed by atoms with Gasteiger partial charge in [0.25, 0.3) is 0 Å². The van der Waals surface area contributed by atoms with Gasteiger partial charge in [-0.1, -0.05) is 0 Å². The van der Waals surface area contributed by atoms with Crippen LogP contribution < -0.4 is 5.73 Å². The lowest BCUT2D eigenvalue weighted by atomic mass is 10.3. The van der Waals surface area contributed by atoms with Crippen molar-refractivity contribution in [3.8, 4) is 0 Å². The molecule has 14 heavy (non-hydrogen) atoms. The zero-order chi connectivity index (χ0) is 10.1. The normalized spacial score (nSPS) is 10.4. The molecule has 2 N–H and O–H groups in total. The minimum absolute atomic E-state index is 0.0614. The summed E-state index contributed by atoms with van der Waals surface area (Å²) in [7, 11) is 1.25. The van der Waals surface area contributed by atoms with E-state index in [1.807, 2.05) is 0 Å². The molecule has 2 rings (SSSR count). The van der Waals surface area contributed by atoms with E-state index in [0.717, 1.165) is 0 Å². The summed E-state index contributed by atoms with van der Waals surface area (Å²) in [6.45, 7) is 0. The van der Waals surface area contributed by atoms with Crippen molar-refractivity contribution in [1.82, 2.24) is 9.97 Å². The number of methoxy groups -OCH3 is 1. The predicted molar refractivity (Wildman–Crippen MR) is 47.6 cm³/mol. The summed E-state index contributed by atoms with van der Waals surface area (Å²) in [5, 5.41) is 0. The van der Waals surface area contributed by atoms with Gasteiger partial charge in [-0.25, -0.2) is 14.8 Å². The van der Waals surface area contributed by atoms with E-state index in [9.17, 15) is 4.79 Å². The second kappa shape index (κ2) is 2.99. The van der Waals surface area contributed by atoms with Crippen molar-refractivity contribution in [3.63, 3.8) is 0 Å². The van der Waals surface area contributed by atoms with Crippen LogP contribution in [0.3, 0.4) is 0 Å². The first-order chi connectivity index (χ1) is 6.74. The van der Waals surface area contributed by atoms with Gasteiger partial charge in [-0.2, -0.15) is 0 Å². The topological polar surface area (TPSA) is 91.2 Å². The van der Waals surface area contributed by atoms with E-state index in [4.69, 9.17) is 10.2 Å². The Bertz CT molecular complexity index is 492. The fourth-order valence-electron chi connectivity index (χ4n) is 1.09. The van der Waals surface area contributed by atoms with Crippen LogP contribution in [0.5, 0.6) is 0 Å². The summed E-state index contributed by atoms with van der Waals surface area (Å²) in [5.74, 6) is -0.698. The molecule has 0 aliphatic heterocycles. The van der Waals surface area contributed by atoms with Crippen LogP contribution in [0.2, 0.25) is 0 Å². The molecule has 6 heteroatoms. The third kappa shape index (κ3) is 1.08. The van der Waals surface area contributed by atoms with E-state index < -0.39 is 5.97 Å². The zero-order valence-corrected chi connectivity index (χ0v) is 7.35. The summed E-state index contributed by atoms with van der Waals surface area (Å²) in [4.78, 5) is 18.9. The summed E-state index contributed by atoms with van der Waals surface area (Å²) in [6, 6.07) is 0. The van der Waals surface area contributed by atoms with E-state index in [1.165, 1.54) is 19.5 Å². The quantitative estimate of drug-likeness (QED) is 0.666. The van der Waals surface area contributed by atoms with E-state index in [0.29, 0.717) is 5.52 Å². The molecule has 0 saturated heterocycles. The molecule has 0 bridgehead atoms. The number of carbonyl (C=O) groups is 1. The molecule has 0 radical (unpaired) electrons. The van der Waals surface area contributed by atoms with Gasteiger partial charge in [0, 0.05) is 12.4 Å². The van der Waals surface area contributed by atoms with Crippen molar-refractivity contribution in [3.05, 3.63) is 18.2 Å². The highest BCUT2D eigenvalue weighted by Crippen LogP contribution is 2.24. The van der Waals surface area contributed by atoms with Crippen molar-refractivity contribution < 1.29 is 13.9 Å². The first-order valence-electron chi connectivity index (χ1n) is 3.81. The van der Waals surface area contributed by atoms with Crippen molar-refractivity contribution in [2.24, 2.45) is 0 Å². The van der Waals surface area contributed by atoms with Gasteiger partial charge in [0.05, 0.1) is 7.11 Å². The first kappa shape index (κ1) is 8.49. The van der Waals surface area contributed by atoms with Crippen LogP contribution in [0.4, 0.5) is 5.69 Å². The Morgan fingerprint density at radius 1 is 1.50 bits per heavy atom. The summed E-state index contributed by atoms with van der Waals surface area (Å²) in [5.41, 5.74) is 6.37. The third-order valence-electron chi connectivity index (χ3n) is 1.73. The maximum atomic E-state index is 11.2. The third-order valence-corrected chi connectivity index (χ3v) is 1.73. The summed E-state index contributed by atoms with van der Waals surface area (Å²) < 4.78 is 9.56. The van der Waals surface area contributed by atoms with Crippen molar-refractivity contribution >= 4 is 22.9 Å². The van der Waals surface area contributed by atoms with Gasteiger partial charge in [-0.05, 0) is 0 Å². The number of furan rings is 1. The van der Waals surface area contributed by atoms with Crippen molar-refractivity contribution in [2.75, 3.05) is 12.8 Å². The van der Waals surface area contributed by atoms with E-state index in [2.05, 4.69) is 14.7 Å². The number of rotatable bonds is 1. The number of esters is 1. The number of aromatic nitrogens is 2. The molecule has 0 atom stereocenters. The van der Waals surface area contributed by atoms with Crippen LogP contribution in [-0.2, 0) is 4.74 Å². The molecule has 2 aromatic heterocycles. The second-order valence-electron chi connectivity index (χ2n) is 2.55. The van der Waals surface area contributed by atoms with Gasteiger partial charge in [0.2, 0.25) is 11.5 Å². The number of hydrogen-bond acceptors (Lipinski definition) is 6. The van der Waals surface area contributed by atoms with Gasteiger partial charge >= 0.3 is 5.97 Å². The van der Waals surface area contributed by atoms with E-state index in [1.54, 1.807) is 0 Å². The lowest BCUT2D eigenvalue weighted by Gasteiger charge is -1.93. The number of anilines is 1. The molecule has 0 saturated carbocycles. The molecule has 0 aromatic carbocycles. The smallest absolute Gasteiger partial charge is 0.376 e. The van der Waals surface area contributed by atoms with Gasteiger partial charge in [-0.15, -0.1) is 0 Å². The number of nitrogens with zero attached hydrogens (tertiary/aromatic N) is 2. The Morgan fingerprint density at radius 3 is 2.86 bits per heavy atom. The number of nitrogen functional groups attached to an aromatic ring is 1.